The molecule has 0 aliphatic heterocycles. The fraction of sp³-hybridized carbons (Fsp3) is 0.300. The van der Waals surface area contributed by atoms with Crippen molar-refractivity contribution in [1.82, 2.24) is 4.90 Å². The summed E-state index contributed by atoms with van der Waals surface area (Å²) in [6.07, 6.45) is -0.507. The maximum Gasteiger partial charge on any atom is 0.415 e. The molecule has 0 atom stereocenters. The molecule has 82 valence electrons. The molecule has 0 fully saturated rings. The van der Waals surface area contributed by atoms with Gasteiger partial charge in [0, 0.05) is 20.1 Å². The molecule has 5 heteroatoms. The van der Waals surface area contributed by atoms with E-state index in [0.717, 1.165) is 0 Å². The van der Waals surface area contributed by atoms with E-state index in [1.165, 1.54) is 29.2 Å². The lowest BCUT2D eigenvalue weighted by Crippen LogP contribution is -2.33. The summed E-state index contributed by atoms with van der Waals surface area (Å²) in [6.45, 7) is 0.787. The van der Waals surface area contributed by atoms with Crippen molar-refractivity contribution in [3.63, 3.8) is 0 Å². The molecule has 0 aromatic heterocycles. The van der Waals surface area contributed by atoms with Crippen LogP contribution >= 0.6 is 0 Å². The van der Waals surface area contributed by atoms with Gasteiger partial charge in [-0.2, -0.15) is 0 Å². The highest BCUT2D eigenvalue weighted by atomic mass is 19.1. The topological polar surface area (TPSA) is 55.6 Å². The molecule has 1 aromatic carbocycles. The van der Waals surface area contributed by atoms with Gasteiger partial charge < -0.3 is 15.4 Å². The maximum absolute atomic E-state index is 12.5. The van der Waals surface area contributed by atoms with Crippen LogP contribution in [-0.2, 0) is 0 Å². The van der Waals surface area contributed by atoms with Gasteiger partial charge in [-0.1, -0.05) is 0 Å². The molecule has 0 aliphatic carbocycles. The Labute approximate surface area is 87.4 Å². The molecule has 0 saturated carbocycles. The highest BCUT2D eigenvalue weighted by Crippen LogP contribution is 2.11. The third-order valence-electron chi connectivity index (χ3n) is 1.79. The van der Waals surface area contributed by atoms with Gasteiger partial charge in [-0.3, -0.25) is 0 Å². The summed E-state index contributed by atoms with van der Waals surface area (Å²) in [5, 5.41) is 0. The van der Waals surface area contributed by atoms with Crippen LogP contribution in [0, 0.1) is 5.82 Å². The smallest absolute Gasteiger partial charge is 0.410 e. The second-order valence-corrected chi connectivity index (χ2v) is 3.03. The van der Waals surface area contributed by atoms with Gasteiger partial charge in [-0.25, -0.2) is 9.18 Å². The third-order valence-corrected chi connectivity index (χ3v) is 1.79. The van der Waals surface area contributed by atoms with E-state index in [-0.39, 0.29) is 5.82 Å². The van der Waals surface area contributed by atoms with E-state index in [9.17, 15) is 9.18 Å². The van der Waals surface area contributed by atoms with Crippen LogP contribution in [-0.4, -0.2) is 31.1 Å². The normalized spacial score (nSPS) is 9.80. The Morgan fingerprint density at radius 1 is 1.47 bits per heavy atom. The Morgan fingerprint density at radius 3 is 2.60 bits per heavy atom. The number of nitrogens with two attached hydrogens (primary N) is 1. The number of hydrogen-bond donors (Lipinski definition) is 1. The fourth-order valence-electron chi connectivity index (χ4n) is 0.966. The molecular weight excluding hydrogens is 199 g/mol. The van der Waals surface area contributed by atoms with Gasteiger partial charge >= 0.3 is 6.09 Å². The van der Waals surface area contributed by atoms with E-state index in [4.69, 9.17) is 10.5 Å². The molecule has 0 spiro atoms. The van der Waals surface area contributed by atoms with E-state index in [1.54, 1.807) is 7.05 Å². The second-order valence-electron chi connectivity index (χ2n) is 3.03. The van der Waals surface area contributed by atoms with Crippen LogP contribution in [0.3, 0.4) is 0 Å². The molecule has 0 radical (unpaired) electrons. The van der Waals surface area contributed by atoms with Crippen LogP contribution in [0.25, 0.3) is 0 Å². The molecule has 2 N–H and O–H groups in total. The summed E-state index contributed by atoms with van der Waals surface area (Å²) in [7, 11) is 1.58. The average Bonchev–Trinajstić information content (AvgIpc) is 2.22. The minimum atomic E-state index is -0.507. The summed E-state index contributed by atoms with van der Waals surface area (Å²) in [5.41, 5.74) is 5.28. The number of nitrogens with zero attached hydrogens (tertiary/aromatic N) is 1. The predicted octanol–water partition coefficient (Wildman–Crippen LogP) is 1.22. The molecule has 1 rings (SSSR count). The third kappa shape index (κ3) is 3.55. The Kier molecular flexibility index (Phi) is 4.05. The zero-order valence-corrected chi connectivity index (χ0v) is 8.44. The number of hydrogen-bond acceptors (Lipinski definition) is 3. The lowest BCUT2D eigenvalue weighted by molar-refractivity contribution is 0.164. The first-order valence-corrected chi connectivity index (χ1v) is 4.52. The molecule has 0 saturated heterocycles. The van der Waals surface area contributed by atoms with Gasteiger partial charge in [0.15, 0.2) is 0 Å². The molecule has 0 heterocycles. The van der Waals surface area contributed by atoms with Crippen molar-refractivity contribution in [3.8, 4) is 5.75 Å². The second kappa shape index (κ2) is 5.31. The van der Waals surface area contributed by atoms with Crippen molar-refractivity contribution in [3.05, 3.63) is 30.1 Å². The highest BCUT2D eigenvalue weighted by molar-refractivity contribution is 5.70. The van der Waals surface area contributed by atoms with Crippen molar-refractivity contribution in [2.45, 2.75) is 0 Å². The summed E-state index contributed by atoms with van der Waals surface area (Å²) < 4.78 is 17.5. The van der Waals surface area contributed by atoms with Gasteiger partial charge in [0.2, 0.25) is 0 Å². The van der Waals surface area contributed by atoms with Gasteiger partial charge in [-0.15, -0.1) is 0 Å². The maximum atomic E-state index is 12.5. The van der Waals surface area contributed by atoms with E-state index in [0.29, 0.717) is 18.8 Å². The van der Waals surface area contributed by atoms with E-state index in [1.807, 2.05) is 0 Å². The number of benzene rings is 1. The Hall–Kier alpha value is -1.62. The van der Waals surface area contributed by atoms with Gasteiger partial charge in [0.25, 0.3) is 0 Å². The van der Waals surface area contributed by atoms with Crippen LogP contribution in [0.15, 0.2) is 24.3 Å². The molecule has 15 heavy (non-hydrogen) atoms. The van der Waals surface area contributed by atoms with Crippen LogP contribution in [0.4, 0.5) is 9.18 Å². The lowest BCUT2D eigenvalue weighted by Gasteiger charge is -2.15. The number of carbonyl (C=O) groups excluding carboxylic acids is 1. The monoisotopic (exact) mass is 212 g/mol. The Balaban J connectivity index is 2.54. The number of likely N-dealkylation sites (N-methyl/N-ethyl adjacent to an activating group) is 1. The lowest BCUT2D eigenvalue weighted by atomic mass is 10.3. The van der Waals surface area contributed by atoms with E-state index < -0.39 is 6.09 Å². The molecule has 0 bridgehead atoms. The van der Waals surface area contributed by atoms with Crippen molar-refractivity contribution < 1.29 is 13.9 Å². The Morgan fingerprint density at radius 2 is 2.07 bits per heavy atom. The minimum absolute atomic E-state index is 0.310. The van der Waals surface area contributed by atoms with E-state index >= 15 is 0 Å². The standard InChI is InChI=1S/C10H13FN2O2/c1-13(7-6-12)10(14)15-9-4-2-8(11)3-5-9/h2-5H,6-7,12H2,1H3. The van der Waals surface area contributed by atoms with Crippen molar-refractivity contribution in [2.24, 2.45) is 5.73 Å². The van der Waals surface area contributed by atoms with Crippen LogP contribution < -0.4 is 10.5 Å². The zero-order valence-electron chi connectivity index (χ0n) is 8.44. The predicted molar refractivity (Wildman–Crippen MR) is 54.1 cm³/mol. The van der Waals surface area contributed by atoms with Crippen molar-refractivity contribution in [1.29, 1.82) is 0 Å². The summed E-state index contributed by atoms with van der Waals surface area (Å²) in [4.78, 5) is 12.7. The SMILES string of the molecule is CN(CCN)C(=O)Oc1ccc(F)cc1. The van der Waals surface area contributed by atoms with Crippen molar-refractivity contribution in [2.75, 3.05) is 20.1 Å². The Bertz CT molecular complexity index is 327. The molecular formula is C10H13FN2O2. The zero-order chi connectivity index (χ0) is 11.3. The molecule has 1 aromatic rings. The summed E-state index contributed by atoms with van der Waals surface area (Å²) in [5.74, 6) is -0.0598. The fourth-order valence-corrected chi connectivity index (χ4v) is 0.966. The molecule has 0 aliphatic rings. The quantitative estimate of drug-likeness (QED) is 0.819. The minimum Gasteiger partial charge on any atom is -0.410 e. The molecule has 4 nitrogen and oxygen atoms in total. The van der Waals surface area contributed by atoms with Crippen LogP contribution in [0.5, 0.6) is 5.75 Å². The van der Waals surface area contributed by atoms with Crippen molar-refractivity contribution >= 4 is 6.09 Å². The first-order valence-electron chi connectivity index (χ1n) is 4.52. The van der Waals surface area contributed by atoms with E-state index in [2.05, 4.69) is 0 Å². The largest absolute Gasteiger partial charge is 0.415 e. The van der Waals surface area contributed by atoms with Gasteiger partial charge in [-0.05, 0) is 24.3 Å². The molecule has 0 unspecified atom stereocenters. The first kappa shape index (κ1) is 11.5. The number of ether oxygens (including phenoxy) is 1. The van der Waals surface area contributed by atoms with Gasteiger partial charge in [0.05, 0.1) is 0 Å². The number of amides is 1. The number of carbonyl (C=O) groups is 1. The van der Waals surface area contributed by atoms with Gasteiger partial charge in [0.1, 0.15) is 11.6 Å². The van der Waals surface area contributed by atoms with Crippen LogP contribution in [0.2, 0.25) is 0 Å². The molecule has 1 amide bonds. The number of halogens is 1. The highest BCUT2D eigenvalue weighted by Gasteiger charge is 2.09. The summed E-state index contributed by atoms with van der Waals surface area (Å²) in [6, 6.07) is 5.24. The number of rotatable bonds is 3. The van der Waals surface area contributed by atoms with Crippen LogP contribution in [0.1, 0.15) is 0 Å². The first-order chi connectivity index (χ1) is 7.13. The summed E-state index contributed by atoms with van der Waals surface area (Å²) >= 11 is 0. The average molecular weight is 212 g/mol.